The maximum atomic E-state index is 12.5. The molecule has 1 atom stereocenters. The van der Waals surface area contributed by atoms with E-state index in [1.54, 1.807) is 12.3 Å². The molecular weight excluding hydrogens is 444 g/mol. The van der Waals surface area contributed by atoms with Crippen molar-refractivity contribution in [2.45, 2.75) is 38.9 Å². The molecule has 1 aliphatic heterocycles. The summed E-state index contributed by atoms with van der Waals surface area (Å²) >= 11 is 6.22. The summed E-state index contributed by atoms with van der Waals surface area (Å²) in [7, 11) is 0. The molecule has 3 rings (SSSR count). The predicted octanol–water partition coefficient (Wildman–Crippen LogP) is 3.46. The van der Waals surface area contributed by atoms with Gasteiger partial charge in [0.05, 0.1) is 19.2 Å². The fourth-order valence-electron chi connectivity index (χ4n) is 3.57. The highest BCUT2D eigenvalue weighted by molar-refractivity contribution is 6.31. The second-order valence-electron chi connectivity index (χ2n) is 7.70. The summed E-state index contributed by atoms with van der Waals surface area (Å²) in [5.74, 6) is -0.213. The molecule has 8 nitrogen and oxygen atoms in total. The Morgan fingerprint density at radius 1 is 1.21 bits per heavy atom. The first-order valence-corrected chi connectivity index (χ1v) is 11.2. The molecule has 0 saturated heterocycles. The molecule has 3 N–H and O–H groups in total. The maximum absolute atomic E-state index is 12.5. The molecule has 0 aromatic heterocycles. The van der Waals surface area contributed by atoms with Crippen LogP contribution < -0.4 is 10.9 Å². The highest BCUT2D eigenvalue weighted by Gasteiger charge is 2.23. The Morgan fingerprint density at radius 3 is 2.73 bits per heavy atom. The molecular formula is C24H29ClN4O4. The van der Waals surface area contributed by atoms with E-state index >= 15 is 0 Å². The van der Waals surface area contributed by atoms with E-state index in [1.807, 2.05) is 48.5 Å². The first kappa shape index (κ1) is 24.7. The van der Waals surface area contributed by atoms with Crippen molar-refractivity contribution in [3.05, 3.63) is 76.4 Å². The van der Waals surface area contributed by atoms with E-state index < -0.39 is 12.1 Å². The third-order valence-electron chi connectivity index (χ3n) is 5.32. The number of rotatable bonds is 10. The van der Waals surface area contributed by atoms with Gasteiger partial charge in [0.25, 0.3) is 0 Å². The van der Waals surface area contributed by atoms with Crippen LogP contribution in [-0.2, 0) is 22.7 Å². The summed E-state index contributed by atoms with van der Waals surface area (Å²) < 4.78 is 0. The molecule has 0 saturated carbocycles. The number of benzene rings is 2. The van der Waals surface area contributed by atoms with Gasteiger partial charge in [-0.3, -0.25) is 19.5 Å². The van der Waals surface area contributed by atoms with Gasteiger partial charge in [-0.25, -0.2) is 15.7 Å². The zero-order chi connectivity index (χ0) is 23.6. The molecule has 0 unspecified atom stereocenters. The smallest absolute Gasteiger partial charge is 0.345 e. The molecule has 1 heterocycles. The number of fused-ring (bicyclic) bond motifs is 1. The molecule has 0 bridgehead atoms. The minimum atomic E-state index is -0.407. The molecule has 0 spiro atoms. The molecule has 9 heteroatoms. The van der Waals surface area contributed by atoms with Gasteiger partial charge in [0.15, 0.2) is 0 Å². The number of nitrogens with zero attached hydrogens (tertiary/aromatic N) is 2. The lowest BCUT2D eigenvalue weighted by Crippen LogP contribution is -2.51. The van der Waals surface area contributed by atoms with Crippen LogP contribution in [0.2, 0.25) is 5.02 Å². The van der Waals surface area contributed by atoms with E-state index in [-0.39, 0.29) is 19.1 Å². The monoisotopic (exact) mass is 472 g/mol. The van der Waals surface area contributed by atoms with Crippen LogP contribution in [0.3, 0.4) is 0 Å². The zero-order valence-corrected chi connectivity index (χ0v) is 19.3. The fourth-order valence-corrected chi connectivity index (χ4v) is 3.77. The van der Waals surface area contributed by atoms with Crippen LogP contribution in [0.1, 0.15) is 36.5 Å². The third kappa shape index (κ3) is 7.03. The van der Waals surface area contributed by atoms with Crippen LogP contribution >= 0.6 is 11.6 Å². The van der Waals surface area contributed by atoms with Gasteiger partial charge in [-0.05, 0) is 41.7 Å². The normalized spacial score (nSPS) is 13.4. The average Bonchev–Trinajstić information content (AvgIpc) is 2.82. The molecule has 176 valence electrons. The number of hydrogen-bond acceptors (Lipinski definition) is 5. The van der Waals surface area contributed by atoms with Crippen molar-refractivity contribution in [2.75, 3.05) is 13.2 Å². The summed E-state index contributed by atoms with van der Waals surface area (Å²) in [5, 5.41) is 11.3. The van der Waals surface area contributed by atoms with Gasteiger partial charge in [-0.15, -0.1) is 0 Å². The summed E-state index contributed by atoms with van der Waals surface area (Å²) in [6.07, 6.45) is 4.54. The minimum Gasteiger partial charge on any atom is -0.396 e. The highest BCUT2D eigenvalue weighted by Crippen LogP contribution is 2.19. The van der Waals surface area contributed by atoms with Crippen molar-refractivity contribution in [3.8, 4) is 0 Å². The van der Waals surface area contributed by atoms with Crippen molar-refractivity contribution in [2.24, 2.45) is 0 Å². The lowest BCUT2D eigenvalue weighted by atomic mass is 10.0. The number of carbonyl (C=O) groups excluding carboxylic acids is 2. The number of hydrazine groups is 1. The van der Waals surface area contributed by atoms with Gasteiger partial charge < -0.3 is 5.11 Å². The van der Waals surface area contributed by atoms with E-state index in [2.05, 4.69) is 10.9 Å². The topological polar surface area (TPSA) is 94.1 Å². The Labute approximate surface area is 198 Å². The minimum absolute atomic E-state index is 0.0168. The molecule has 0 aliphatic carbocycles. The summed E-state index contributed by atoms with van der Waals surface area (Å²) in [5.41, 5.74) is 8.52. The van der Waals surface area contributed by atoms with Crippen LogP contribution in [0, 0.1) is 0 Å². The standard InChI is InChI=1S/C24H29ClN4O4/c1-18(31)29(26-15-20-8-4-5-11-23(20)25)22(10-6-14-30)17-33-27-24(32)28-13-12-19-7-2-3-9-21(19)16-28/h2-5,7-9,11-13,22,26,30H,6,10,14-17H2,1H3,(H,27,32)/t22-/m0/s1. The molecule has 3 amide bonds. The van der Waals surface area contributed by atoms with Crippen LogP contribution in [0.25, 0.3) is 6.08 Å². The second-order valence-corrected chi connectivity index (χ2v) is 8.10. The van der Waals surface area contributed by atoms with Gasteiger partial charge >= 0.3 is 6.03 Å². The lowest BCUT2D eigenvalue weighted by Gasteiger charge is -2.31. The Kier molecular flexibility index (Phi) is 9.26. The SMILES string of the molecule is CC(=O)N(NCc1ccccc1Cl)[C@@H](CCCO)CONC(=O)N1C=Cc2ccccc2C1. The van der Waals surface area contributed by atoms with E-state index in [0.717, 1.165) is 16.7 Å². The number of halogens is 1. The quantitative estimate of drug-likeness (QED) is 0.460. The number of aliphatic hydroxyl groups excluding tert-OH is 1. The average molecular weight is 473 g/mol. The number of aliphatic hydroxyl groups is 1. The number of nitrogens with one attached hydrogen (secondary N) is 2. The highest BCUT2D eigenvalue weighted by atomic mass is 35.5. The lowest BCUT2D eigenvalue weighted by molar-refractivity contribution is -0.138. The molecule has 33 heavy (non-hydrogen) atoms. The summed E-state index contributed by atoms with van der Waals surface area (Å²) in [4.78, 5) is 31.9. The van der Waals surface area contributed by atoms with Gasteiger partial charge in [0.1, 0.15) is 0 Å². The Bertz CT molecular complexity index is 984. The first-order chi connectivity index (χ1) is 16.0. The number of hydroxylamine groups is 1. The number of urea groups is 1. The fraction of sp³-hybridized carbons (Fsp3) is 0.333. The first-order valence-electron chi connectivity index (χ1n) is 10.8. The molecule has 0 fully saturated rings. The number of amides is 3. The molecule has 2 aromatic carbocycles. The maximum Gasteiger partial charge on any atom is 0.345 e. The Hall–Kier alpha value is -2.91. The van der Waals surface area contributed by atoms with Gasteiger partial charge in [-0.2, -0.15) is 0 Å². The van der Waals surface area contributed by atoms with Crippen molar-refractivity contribution in [3.63, 3.8) is 0 Å². The van der Waals surface area contributed by atoms with E-state index in [1.165, 1.54) is 16.8 Å². The van der Waals surface area contributed by atoms with Crippen molar-refractivity contribution >= 4 is 29.6 Å². The summed E-state index contributed by atoms with van der Waals surface area (Å²) in [6.45, 7) is 2.26. The van der Waals surface area contributed by atoms with Gasteiger partial charge in [0, 0.05) is 31.3 Å². The van der Waals surface area contributed by atoms with Crippen LogP contribution in [0.5, 0.6) is 0 Å². The van der Waals surface area contributed by atoms with Gasteiger partial charge in [-0.1, -0.05) is 54.1 Å². The van der Waals surface area contributed by atoms with Crippen LogP contribution in [-0.4, -0.2) is 46.2 Å². The molecule has 1 aliphatic rings. The summed E-state index contributed by atoms with van der Waals surface area (Å²) in [6, 6.07) is 14.4. The largest absolute Gasteiger partial charge is 0.396 e. The zero-order valence-electron chi connectivity index (χ0n) is 18.5. The number of hydrogen-bond donors (Lipinski definition) is 3. The van der Waals surface area contributed by atoms with E-state index in [4.69, 9.17) is 16.4 Å². The van der Waals surface area contributed by atoms with Crippen LogP contribution in [0.4, 0.5) is 4.79 Å². The molecule has 2 aromatic rings. The van der Waals surface area contributed by atoms with E-state index in [9.17, 15) is 14.7 Å². The third-order valence-corrected chi connectivity index (χ3v) is 5.69. The van der Waals surface area contributed by atoms with Crippen molar-refractivity contribution in [1.82, 2.24) is 20.8 Å². The van der Waals surface area contributed by atoms with Crippen molar-refractivity contribution in [1.29, 1.82) is 0 Å². The van der Waals surface area contributed by atoms with Crippen LogP contribution in [0.15, 0.2) is 54.7 Å². The second kappa shape index (κ2) is 12.4. The Morgan fingerprint density at radius 2 is 1.97 bits per heavy atom. The van der Waals surface area contributed by atoms with Gasteiger partial charge in [0.2, 0.25) is 5.91 Å². The molecule has 0 radical (unpaired) electrons. The Balaban J connectivity index is 1.56. The van der Waals surface area contributed by atoms with E-state index in [0.29, 0.717) is 31.0 Å². The van der Waals surface area contributed by atoms with Crippen molar-refractivity contribution < 1.29 is 19.5 Å². The predicted molar refractivity (Wildman–Crippen MR) is 126 cm³/mol. The number of carbonyl (C=O) groups is 2.